The number of hydrogen-bond donors (Lipinski definition) is 2. The molecule has 3 aromatic carbocycles. The van der Waals surface area contributed by atoms with Crippen LogP contribution in [-0.2, 0) is 11.2 Å². The van der Waals surface area contributed by atoms with E-state index in [4.69, 9.17) is 9.47 Å². The second-order valence-electron chi connectivity index (χ2n) is 7.33. The summed E-state index contributed by atoms with van der Waals surface area (Å²) in [5, 5.41) is 5.71. The van der Waals surface area contributed by atoms with E-state index in [2.05, 4.69) is 26.6 Å². The number of ether oxygens (including phenoxy) is 2. The molecule has 0 fully saturated rings. The van der Waals surface area contributed by atoms with Crippen molar-refractivity contribution in [2.24, 2.45) is 0 Å². The first-order valence-electron chi connectivity index (χ1n) is 10.7. The highest BCUT2D eigenvalue weighted by atomic mass is 79.9. The van der Waals surface area contributed by atoms with Crippen LogP contribution in [0.3, 0.4) is 0 Å². The maximum Gasteiger partial charge on any atom is 0.259 e. The summed E-state index contributed by atoms with van der Waals surface area (Å²) in [4.78, 5) is 25.7. The largest absolute Gasteiger partial charge is 0.492 e. The summed E-state index contributed by atoms with van der Waals surface area (Å²) in [6.45, 7) is 1.49. The number of anilines is 1. The second-order valence-corrected chi connectivity index (χ2v) is 8.24. The van der Waals surface area contributed by atoms with Gasteiger partial charge >= 0.3 is 0 Å². The van der Waals surface area contributed by atoms with Gasteiger partial charge in [-0.1, -0.05) is 58.4 Å². The Balaban J connectivity index is 1.70. The van der Waals surface area contributed by atoms with Crippen LogP contribution in [0.1, 0.15) is 32.7 Å². The molecular weight excluding hydrogens is 484 g/mol. The van der Waals surface area contributed by atoms with Crippen LogP contribution < -0.4 is 15.4 Å². The van der Waals surface area contributed by atoms with Crippen LogP contribution >= 0.6 is 15.9 Å². The molecule has 3 aromatic rings. The number of hydrogen-bond acceptors (Lipinski definition) is 4. The summed E-state index contributed by atoms with van der Waals surface area (Å²) < 4.78 is 11.7. The van der Waals surface area contributed by atoms with Crippen molar-refractivity contribution >= 4 is 33.4 Å². The minimum absolute atomic E-state index is 0.254. The number of benzene rings is 3. The monoisotopic (exact) mass is 510 g/mol. The lowest BCUT2D eigenvalue weighted by Gasteiger charge is -2.14. The maximum atomic E-state index is 13.1. The minimum atomic E-state index is -0.356. The Morgan fingerprint density at radius 1 is 0.879 bits per heavy atom. The van der Waals surface area contributed by atoms with Crippen molar-refractivity contribution in [3.05, 3.63) is 94.0 Å². The Morgan fingerprint density at radius 3 is 2.42 bits per heavy atom. The number of amides is 2. The van der Waals surface area contributed by atoms with Crippen molar-refractivity contribution in [2.45, 2.75) is 12.8 Å². The normalized spacial score (nSPS) is 10.5. The quantitative estimate of drug-likeness (QED) is 0.352. The lowest BCUT2D eigenvalue weighted by atomic mass is 10.1. The average molecular weight is 511 g/mol. The maximum absolute atomic E-state index is 13.1. The molecule has 0 aliphatic carbocycles. The van der Waals surface area contributed by atoms with Crippen LogP contribution in [0, 0.1) is 0 Å². The molecule has 0 atom stereocenters. The zero-order valence-corrected chi connectivity index (χ0v) is 20.1. The van der Waals surface area contributed by atoms with Crippen LogP contribution in [0.4, 0.5) is 5.69 Å². The van der Waals surface area contributed by atoms with Crippen molar-refractivity contribution in [1.29, 1.82) is 0 Å². The lowest BCUT2D eigenvalue weighted by Crippen LogP contribution is -2.26. The molecule has 0 saturated carbocycles. The molecular formula is C26H27BrN2O4. The van der Waals surface area contributed by atoms with Crippen LogP contribution in [0.15, 0.2) is 77.3 Å². The van der Waals surface area contributed by atoms with Crippen molar-refractivity contribution < 1.29 is 19.1 Å². The van der Waals surface area contributed by atoms with Gasteiger partial charge in [-0.2, -0.15) is 0 Å². The second kappa shape index (κ2) is 12.8. The van der Waals surface area contributed by atoms with E-state index in [1.54, 1.807) is 43.5 Å². The summed E-state index contributed by atoms with van der Waals surface area (Å²) in [5.74, 6) is -0.130. The van der Waals surface area contributed by atoms with Gasteiger partial charge in [0.05, 0.1) is 23.4 Å². The average Bonchev–Trinajstić information content (AvgIpc) is 2.83. The molecule has 0 aromatic heterocycles. The van der Waals surface area contributed by atoms with Crippen molar-refractivity contribution in [3.63, 3.8) is 0 Å². The van der Waals surface area contributed by atoms with Gasteiger partial charge in [-0.15, -0.1) is 0 Å². The summed E-state index contributed by atoms with van der Waals surface area (Å²) >= 11 is 3.42. The van der Waals surface area contributed by atoms with Crippen LogP contribution in [0.25, 0.3) is 0 Å². The highest BCUT2D eigenvalue weighted by molar-refractivity contribution is 9.10. The molecule has 0 spiro atoms. The molecule has 33 heavy (non-hydrogen) atoms. The number of rotatable bonds is 11. The van der Waals surface area contributed by atoms with Gasteiger partial charge in [0.15, 0.2) is 0 Å². The number of methoxy groups -OCH3 is 1. The van der Waals surface area contributed by atoms with Crippen molar-refractivity contribution in [3.8, 4) is 5.75 Å². The molecule has 3 rings (SSSR count). The molecule has 0 bridgehead atoms. The molecule has 0 heterocycles. The van der Waals surface area contributed by atoms with Gasteiger partial charge in [0.2, 0.25) is 0 Å². The molecule has 7 heteroatoms. The van der Waals surface area contributed by atoms with Gasteiger partial charge in [0, 0.05) is 31.2 Å². The third-order valence-corrected chi connectivity index (χ3v) is 5.40. The first-order chi connectivity index (χ1) is 16.1. The fourth-order valence-electron chi connectivity index (χ4n) is 3.22. The Labute approximate surface area is 202 Å². The highest BCUT2D eigenvalue weighted by Crippen LogP contribution is 2.25. The number of halogens is 1. The smallest absolute Gasteiger partial charge is 0.259 e. The third-order valence-electron chi connectivity index (χ3n) is 4.91. The summed E-state index contributed by atoms with van der Waals surface area (Å²) in [5.41, 5.74) is 2.37. The minimum Gasteiger partial charge on any atom is -0.492 e. The van der Waals surface area contributed by atoms with E-state index in [1.807, 2.05) is 36.4 Å². The summed E-state index contributed by atoms with van der Waals surface area (Å²) in [7, 11) is 1.62. The fourth-order valence-corrected chi connectivity index (χ4v) is 3.58. The third kappa shape index (κ3) is 7.44. The van der Waals surface area contributed by atoms with Crippen LogP contribution in [-0.4, -0.2) is 38.7 Å². The van der Waals surface area contributed by atoms with Gasteiger partial charge in [0.25, 0.3) is 11.8 Å². The standard InChI is InChI=1S/C26H27BrN2O4/c1-32-16-7-15-28-25(30)21-10-5-6-11-23(21)29-26(31)22-18-20(27)12-13-24(22)33-17-14-19-8-3-2-4-9-19/h2-6,8-13,18H,7,14-17H2,1H3,(H,28,30)(H,29,31). The molecule has 172 valence electrons. The van der Waals surface area contributed by atoms with Crippen LogP contribution in [0.2, 0.25) is 0 Å². The van der Waals surface area contributed by atoms with Gasteiger partial charge < -0.3 is 20.1 Å². The van der Waals surface area contributed by atoms with E-state index in [9.17, 15) is 9.59 Å². The molecule has 2 N–H and O–H groups in total. The summed E-state index contributed by atoms with van der Waals surface area (Å²) in [6, 6.07) is 22.2. The van der Waals surface area contributed by atoms with E-state index >= 15 is 0 Å². The van der Waals surface area contributed by atoms with Crippen LogP contribution in [0.5, 0.6) is 5.75 Å². The summed E-state index contributed by atoms with van der Waals surface area (Å²) in [6.07, 6.45) is 1.43. The molecule has 0 unspecified atom stereocenters. The highest BCUT2D eigenvalue weighted by Gasteiger charge is 2.17. The zero-order valence-electron chi connectivity index (χ0n) is 18.5. The van der Waals surface area contributed by atoms with E-state index < -0.39 is 0 Å². The van der Waals surface area contributed by atoms with Crippen molar-refractivity contribution in [1.82, 2.24) is 5.32 Å². The molecule has 0 saturated heterocycles. The number of carbonyl (C=O) groups is 2. The molecule has 6 nitrogen and oxygen atoms in total. The molecule has 0 radical (unpaired) electrons. The molecule has 2 amide bonds. The van der Waals surface area contributed by atoms with Gasteiger partial charge in [-0.05, 0) is 42.3 Å². The Bertz CT molecular complexity index is 1070. The number of nitrogens with one attached hydrogen (secondary N) is 2. The van der Waals surface area contributed by atoms with E-state index in [1.165, 1.54) is 0 Å². The van der Waals surface area contributed by atoms with Gasteiger partial charge in [-0.25, -0.2) is 0 Å². The first-order valence-corrected chi connectivity index (χ1v) is 11.5. The predicted octanol–water partition coefficient (Wildman–Crippen LogP) is 5.09. The Morgan fingerprint density at radius 2 is 1.64 bits per heavy atom. The van der Waals surface area contributed by atoms with Crippen molar-refractivity contribution in [2.75, 3.05) is 32.2 Å². The molecule has 0 aliphatic heterocycles. The zero-order chi connectivity index (χ0) is 23.5. The number of carbonyl (C=O) groups excluding carboxylic acids is 2. The van der Waals surface area contributed by atoms with Gasteiger partial charge in [-0.3, -0.25) is 9.59 Å². The Hall–Kier alpha value is -3.16. The van der Waals surface area contributed by atoms with E-state index in [0.29, 0.717) is 48.7 Å². The first kappa shape index (κ1) is 24.5. The molecule has 0 aliphatic rings. The van der Waals surface area contributed by atoms with Gasteiger partial charge in [0.1, 0.15) is 5.75 Å². The Kier molecular flexibility index (Phi) is 9.47. The topological polar surface area (TPSA) is 76.7 Å². The van der Waals surface area contributed by atoms with E-state index in [0.717, 1.165) is 16.5 Å². The SMILES string of the molecule is COCCCNC(=O)c1ccccc1NC(=O)c1cc(Br)ccc1OCCc1ccccc1. The lowest BCUT2D eigenvalue weighted by molar-refractivity contribution is 0.0949. The number of para-hydroxylation sites is 1. The predicted molar refractivity (Wildman–Crippen MR) is 133 cm³/mol. The fraction of sp³-hybridized carbons (Fsp3) is 0.231. The van der Waals surface area contributed by atoms with E-state index in [-0.39, 0.29) is 11.8 Å².